The van der Waals surface area contributed by atoms with Crippen LogP contribution in [0.25, 0.3) is 0 Å². The van der Waals surface area contributed by atoms with Crippen LogP contribution in [0.4, 0.5) is 5.69 Å². The molecule has 0 unspecified atom stereocenters. The Labute approximate surface area is 129 Å². The van der Waals surface area contributed by atoms with Gasteiger partial charge in [0, 0.05) is 16.6 Å². The summed E-state index contributed by atoms with van der Waals surface area (Å²) < 4.78 is 0. The van der Waals surface area contributed by atoms with Gasteiger partial charge >= 0.3 is 0 Å². The Morgan fingerprint density at radius 2 is 1.86 bits per heavy atom. The minimum Gasteiger partial charge on any atom is -0.508 e. The van der Waals surface area contributed by atoms with Gasteiger partial charge in [0.1, 0.15) is 5.75 Å². The summed E-state index contributed by atoms with van der Waals surface area (Å²) in [6.45, 7) is 4.01. The van der Waals surface area contributed by atoms with Crippen molar-refractivity contribution in [1.29, 1.82) is 0 Å². The zero-order valence-corrected chi connectivity index (χ0v) is 13.0. The molecule has 110 valence electrons. The van der Waals surface area contributed by atoms with Crippen molar-refractivity contribution in [2.24, 2.45) is 0 Å². The lowest BCUT2D eigenvalue weighted by molar-refractivity contribution is -0.116. The molecule has 0 aliphatic rings. The number of carbonyl (C=O) groups excluding carboxylic acids is 1. The fraction of sp³-hybridized carbons (Fsp3) is 0.235. The van der Waals surface area contributed by atoms with E-state index in [1.807, 2.05) is 50.2 Å². The zero-order chi connectivity index (χ0) is 15.2. The number of thioether (sulfide) groups is 1. The van der Waals surface area contributed by atoms with E-state index >= 15 is 0 Å². The molecular weight excluding hydrogens is 282 g/mol. The molecule has 0 saturated carbocycles. The van der Waals surface area contributed by atoms with Crippen LogP contribution in [0.15, 0.2) is 59.5 Å². The van der Waals surface area contributed by atoms with Crippen LogP contribution in [0.2, 0.25) is 0 Å². The van der Waals surface area contributed by atoms with Crippen molar-refractivity contribution in [3.63, 3.8) is 0 Å². The van der Waals surface area contributed by atoms with Gasteiger partial charge in [-0.25, -0.2) is 0 Å². The summed E-state index contributed by atoms with van der Waals surface area (Å²) >= 11 is 1.43. The SMILES string of the molecule is CC(C)N(C(=O)CSc1cccc(O)c1)c1ccccc1. The molecule has 0 atom stereocenters. The average Bonchev–Trinajstić information content (AvgIpc) is 2.46. The molecular formula is C17H19NO2S. The highest BCUT2D eigenvalue weighted by Crippen LogP contribution is 2.24. The number of para-hydroxylation sites is 1. The van der Waals surface area contributed by atoms with E-state index in [4.69, 9.17) is 0 Å². The Kier molecular flexibility index (Phi) is 5.28. The van der Waals surface area contributed by atoms with Crippen LogP contribution in [-0.2, 0) is 4.79 Å². The maximum Gasteiger partial charge on any atom is 0.237 e. The van der Waals surface area contributed by atoms with E-state index < -0.39 is 0 Å². The Morgan fingerprint density at radius 1 is 1.14 bits per heavy atom. The highest BCUT2D eigenvalue weighted by atomic mass is 32.2. The van der Waals surface area contributed by atoms with E-state index in [1.165, 1.54) is 11.8 Å². The van der Waals surface area contributed by atoms with Crippen LogP contribution in [0.5, 0.6) is 5.75 Å². The summed E-state index contributed by atoms with van der Waals surface area (Å²) in [5.74, 6) is 0.622. The maximum absolute atomic E-state index is 12.5. The number of carbonyl (C=O) groups is 1. The second-order valence-corrected chi connectivity index (χ2v) is 6.03. The Morgan fingerprint density at radius 3 is 2.48 bits per heavy atom. The molecule has 0 heterocycles. The largest absolute Gasteiger partial charge is 0.508 e. The summed E-state index contributed by atoms with van der Waals surface area (Å²) in [7, 11) is 0. The fourth-order valence-corrected chi connectivity index (χ4v) is 2.91. The first-order chi connectivity index (χ1) is 10.1. The number of hydrogen-bond donors (Lipinski definition) is 1. The minimum atomic E-state index is 0.0598. The molecule has 0 saturated heterocycles. The van der Waals surface area contributed by atoms with Gasteiger partial charge in [0.25, 0.3) is 0 Å². The molecule has 1 amide bonds. The van der Waals surface area contributed by atoms with Gasteiger partial charge in [0.2, 0.25) is 5.91 Å². The number of nitrogens with zero attached hydrogens (tertiary/aromatic N) is 1. The quantitative estimate of drug-likeness (QED) is 0.851. The number of benzene rings is 2. The molecule has 1 N–H and O–H groups in total. The van der Waals surface area contributed by atoms with Gasteiger partial charge in [-0.2, -0.15) is 0 Å². The van der Waals surface area contributed by atoms with Gasteiger partial charge in [-0.05, 0) is 44.2 Å². The summed E-state index contributed by atoms with van der Waals surface area (Å²) in [6.07, 6.45) is 0. The molecule has 0 aliphatic heterocycles. The molecule has 2 aromatic rings. The van der Waals surface area contributed by atoms with Crippen molar-refractivity contribution in [3.05, 3.63) is 54.6 Å². The molecule has 0 aromatic heterocycles. The Bertz CT molecular complexity index is 599. The van der Waals surface area contributed by atoms with Crippen molar-refractivity contribution < 1.29 is 9.90 Å². The number of aromatic hydroxyl groups is 1. The number of rotatable bonds is 5. The number of hydrogen-bond acceptors (Lipinski definition) is 3. The van der Waals surface area contributed by atoms with Crippen molar-refractivity contribution in [3.8, 4) is 5.75 Å². The maximum atomic E-state index is 12.5. The minimum absolute atomic E-state index is 0.0598. The van der Waals surface area contributed by atoms with E-state index in [0.717, 1.165) is 10.6 Å². The van der Waals surface area contributed by atoms with Gasteiger partial charge < -0.3 is 10.0 Å². The van der Waals surface area contributed by atoms with E-state index in [2.05, 4.69) is 0 Å². The number of amides is 1. The molecule has 4 heteroatoms. The third kappa shape index (κ3) is 4.26. The van der Waals surface area contributed by atoms with Crippen LogP contribution in [0, 0.1) is 0 Å². The fourth-order valence-electron chi connectivity index (χ4n) is 2.11. The topological polar surface area (TPSA) is 40.5 Å². The van der Waals surface area contributed by atoms with Crippen molar-refractivity contribution in [2.45, 2.75) is 24.8 Å². The summed E-state index contributed by atoms with van der Waals surface area (Å²) in [5.41, 5.74) is 0.911. The first kappa shape index (κ1) is 15.4. The third-order valence-corrected chi connectivity index (χ3v) is 3.98. The monoisotopic (exact) mass is 301 g/mol. The number of phenols is 1. The van der Waals surface area contributed by atoms with Crippen molar-refractivity contribution >= 4 is 23.4 Å². The molecule has 0 fully saturated rings. The van der Waals surface area contributed by atoms with Gasteiger partial charge in [0.05, 0.1) is 5.75 Å². The molecule has 21 heavy (non-hydrogen) atoms. The molecule has 0 aliphatic carbocycles. The average molecular weight is 301 g/mol. The molecule has 0 bridgehead atoms. The van der Waals surface area contributed by atoms with Gasteiger partial charge in [-0.3, -0.25) is 4.79 Å². The second-order valence-electron chi connectivity index (χ2n) is 4.98. The summed E-state index contributed by atoms with van der Waals surface area (Å²) in [5, 5.41) is 9.45. The van der Waals surface area contributed by atoms with Gasteiger partial charge in [-0.1, -0.05) is 24.3 Å². The first-order valence-corrected chi connectivity index (χ1v) is 7.85. The lowest BCUT2D eigenvalue weighted by Gasteiger charge is -2.26. The van der Waals surface area contributed by atoms with Crippen LogP contribution in [0.3, 0.4) is 0 Å². The van der Waals surface area contributed by atoms with E-state index in [9.17, 15) is 9.90 Å². The summed E-state index contributed by atoms with van der Waals surface area (Å²) in [6, 6.07) is 16.7. The lowest BCUT2D eigenvalue weighted by atomic mass is 10.2. The first-order valence-electron chi connectivity index (χ1n) is 6.87. The third-order valence-electron chi connectivity index (χ3n) is 3.00. The molecule has 0 radical (unpaired) electrons. The predicted molar refractivity (Wildman–Crippen MR) is 87.9 cm³/mol. The second kappa shape index (κ2) is 7.18. The number of anilines is 1. The van der Waals surface area contributed by atoms with E-state index in [-0.39, 0.29) is 17.7 Å². The Balaban J connectivity index is 2.06. The van der Waals surface area contributed by atoms with Crippen molar-refractivity contribution in [2.75, 3.05) is 10.7 Å². The zero-order valence-electron chi connectivity index (χ0n) is 12.2. The van der Waals surface area contributed by atoms with Crippen LogP contribution in [0.1, 0.15) is 13.8 Å². The van der Waals surface area contributed by atoms with Crippen LogP contribution >= 0.6 is 11.8 Å². The van der Waals surface area contributed by atoms with Gasteiger partial charge in [0.15, 0.2) is 0 Å². The van der Waals surface area contributed by atoms with E-state index in [0.29, 0.717) is 5.75 Å². The lowest BCUT2D eigenvalue weighted by Crippen LogP contribution is -2.38. The standard InChI is InChI=1S/C17H19NO2S/c1-13(2)18(14-7-4-3-5-8-14)17(20)12-21-16-10-6-9-15(19)11-16/h3-11,13,19H,12H2,1-2H3. The predicted octanol–water partition coefficient (Wildman–Crippen LogP) is 3.93. The number of phenolic OH excluding ortho intramolecular Hbond substituents is 1. The van der Waals surface area contributed by atoms with Gasteiger partial charge in [-0.15, -0.1) is 11.8 Å². The molecule has 2 aromatic carbocycles. The van der Waals surface area contributed by atoms with Crippen molar-refractivity contribution in [1.82, 2.24) is 0 Å². The van der Waals surface area contributed by atoms with E-state index in [1.54, 1.807) is 23.1 Å². The van der Waals surface area contributed by atoms with Crippen LogP contribution < -0.4 is 4.90 Å². The highest BCUT2D eigenvalue weighted by Gasteiger charge is 2.18. The molecule has 3 nitrogen and oxygen atoms in total. The Hall–Kier alpha value is -1.94. The highest BCUT2D eigenvalue weighted by molar-refractivity contribution is 8.00. The molecule has 2 rings (SSSR count). The normalized spacial score (nSPS) is 10.6. The summed E-state index contributed by atoms with van der Waals surface area (Å²) in [4.78, 5) is 15.2. The van der Waals surface area contributed by atoms with Crippen LogP contribution in [-0.4, -0.2) is 22.8 Å². The molecule has 0 spiro atoms. The smallest absolute Gasteiger partial charge is 0.237 e.